The molecule has 0 amide bonds. The smallest absolute Gasteiger partial charge is 0.229 e. The molecule has 10 heteroatoms. The predicted octanol–water partition coefficient (Wildman–Crippen LogP) is 3.65. The molecule has 136 valence electrons. The quantitative estimate of drug-likeness (QED) is 0.541. The van der Waals surface area contributed by atoms with Crippen LogP contribution in [0, 0.1) is 5.82 Å². The van der Waals surface area contributed by atoms with Crippen LogP contribution in [-0.2, 0) is 7.05 Å². The number of hydrogen-bond donors (Lipinski definition) is 3. The number of hydrogen-bond acceptors (Lipinski definition) is 6. The molecule has 0 unspecified atom stereocenters. The van der Waals surface area contributed by atoms with Gasteiger partial charge in [0.1, 0.15) is 10.8 Å². The molecular formula is C16H15BrClFN6O. The first-order valence-electron chi connectivity index (χ1n) is 7.56. The Labute approximate surface area is 162 Å². The van der Waals surface area contributed by atoms with Crippen molar-refractivity contribution in [3.8, 4) is 0 Å². The summed E-state index contributed by atoms with van der Waals surface area (Å²) in [7, 11) is 1.80. The molecule has 0 bridgehead atoms. The van der Waals surface area contributed by atoms with E-state index in [9.17, 15) is 9.50 Å². The number of nitrogens with zero attached hydrogens (tertiary/aromatic N) is 4. The van der Waals surface area contributed by atoms with Gasteiger partial charge in [0.2, 0.25) is 5.95 Å². The number of benzene rings is 1. The van der Waals surface area contributed by atoms with Gasteiger partial charge in [-0.2, -0.15) is 10.1 Å². The van der Waals surface area contributed by atoms with Crippen LogP contribution in [0.5, 0.6) is 0 Å². The van der Waals surface area contributed by atoms with E-state index in [4.69, 9.17) is 11.6 Å². The highest BCUT2D eigenvalue weighted by Gasteiger charge is 2.16. The molecule has 1 atom stereocenters. The van der Waals surface area contributed by atoms with Crippen LogP contribution < -0.4 is 10.6 Å². The average Bonchev–Trinajstić information content (AvgIpc) is 2.99. The SMILES string of the molecule is Cn1cc(Nc2ncc(Cl)c(N[C@H](CO)c3cc(F)cc(Br)c3)n2)cn1. The predicted molar refractivity (Wildman–Crippen MR) is 101 cm³/mol. The van der Waals surface area contributed by atoms with Gasteiger partial charge in [0, 0.05) is 17.7 Å². The first kappa shape index (κ1) is 18.6. The minimum atomic E-state index is -0.597. The van der Waals surface area contributed by atoms with E-state index in [0.29, 0.717) is 27.5 Å². The summed E-state index contributed by atoms with van der Waals surface area (Å²) in [6.07, 6.45) is 4.84. The largest absolute Gasteiger partial charge is 0.394 e. The second-order valence-corrected chi connectivity index (χ2v) is 6.82. The Balaban J connectivity index is 1.84. The number of aliphatic hydroxyl groups is 1. The Morgan fingerprint density at radius 3 is 2.81 bits per heavy atom. The lowest BCUT2D eigenvalue weighted by Gasteiger charge is -2.19. The van der Waals surface area contributed by atoms with Gasteiger partial charge in [-0.15, -0.1) is 0 Å². The number of aromatic nitrogens is 4. The fourth-order valence-electron chi connectivity index (χ4n) is 2.32. The van der Waals surface area contributed by atoms with E-state index >= 15 is 0 Å². The number of halogens is 3. The number of anilines is 3. The zero-order valence-corrected chi connectivity index (χ0v) is 16.0. The fourth-order valence-corrected chi connectivity index (χ4v) is 2.95. The van der Waals surface area contributed by atoms with E-state index in [1.54, 1.807) is 30.2 Å². The summed E-state index contributed by atoms with van der Waals surface area (Å²) in [5.74, 6) is 0.205. The van der Waals surface area contributed by atoms with Gasteiger partial charge in [-0.25, -0.2) is 9.37 Å². The maximum Gasteiger partial charge on any atom is 0.229 e. The summed E-state index contributed by atoms with van der Waals surface area (Å²) in [4.78, 5) is 8.43. The molecule has 0 aliphatic heterocycles. The van der Waals surface area contributed by atoms with E-state index in [2.05, 4.69) is 41.6 Å². The molecule has 0 fully saturated rings. The zero-order chi connectivity index (χ0) is 18.7. The Bertz CT molecular complexity index is 901. The Kier molecular flexibility index (Phi) is 5.70. The molecular weight excluding hydrogens is 427 g/mol. The summed E-state index contributed by atoms with van der Waals surface area (Å²) in [5.41, 5.74) is 1.27. The number of rotatable bonds is 6. The number of aliphatic hydroxyl groups excluding tert-OH is 1. The second-order valence-electron chi connectivity index (χ2n) is 5.50. The molecule has 3 N–H and O–H groups in total. The summed E-state index contributed by atoms with van der Waals surface area (Å²) >= 11 is 9.40. The van der Waals surface area contributed by atoms with Gasteiger partial charge in [0.05, 0.1) is 30.7 Å². The minimum Gasteiger partial charge on any atom is -0.394 e. The van der Waals surface area contributed by atoms with Crippen LogP contribution in [0.2, 0.25) is 5.02 Å². The van der Waals surface area contributed by atoms with Gasteiger partial charge < -0.3 is 15.7 Å². The highest BCUT2D eigenvalue weighted by molar-refractivity contribution is 9.10. The standard InChI is InChI=1S/C16H15BrClFN6O/c1-25-7-12(5-21-25)22-16-20-6-13(18)15(24-16)23-14(8-26)9-2-10(17)4-11(19)3-9/h2-7,14,26H,8H2,1H3,(H2,20,22,23,24)/t14-/m1/s1. The molecule has 0 saturated heterocycles. The highest BCUT2D eigenvalue weighted by Crippen LogP contribution is 2.27. The zero-order valence-electron chi connectivity index (χ0n) is 13.6. The minimum absolute atomic E-state index is 0.274. The van der Waals surface area contributed by atoms with Crippen LogP contribution in [-0.4, -0.2) is 31.5 Å². The van der Waals surface area contributed by atoms with Crippen LogP contribution in [0.1, 0.15) is 11.6 Å². The van der Waals surface area contributed by atoms with Gasteiger partial charge in [-0.3, -0.25) is 4.68 Å². The van der Waals surface area contributed by atoms with Crippen molar-refractivity contribution in [1.82, 2.24) is 19.7 Å². The first-order valence-corrected chi connectivity index (χ1v) is 8.73. The van der Waals surface area contributed by atoms with E-state index in [0.717, 1.165) is 0 Å². The molecule has 3 aromatic rings. The van der Waals surface area contributed by atoms with Crippen molar-refractivity contribution in [3.05, 3.63) is 57.7 Å². The normalized spacial score (nSPS) is 12.0. The topological polar surface area (TPSA) is 87.9 Å². The summed E-state index contributed by atoms with van der Waals surface area (Å²) in [6.45, 7) is -0.276. The molecule has 2 heterocycles. The molecule has 0 aliphatic carbocycles. The molecule has 1 aromatic carbocycles. The summed E-state index contributed by atoms with van der Waals surface area (Å²) in [6, 6.07) is 3.79. The van der Waals surface area contributed by atoms with Crippen molar-refractivity contribution in [1.29, 1.82) is 0 Å². The van der Waals surface area contributed by atoms with Crippen molar-refractivity contribution < 1.29 is 9.50 Å². The van der Waals surface area contributed by atoms with Crippen molar-refractivity contribution in [2.24, 2.45) is 7.05 Å². The highest BCUT2D eigenvalue weighted by atomic mass is 79.9. The lowest BCUT2D eigenvalue weighted by molar-refractivity contribution is 0.276. The average molecular weight is 442 g/mol. The number of nitrogens with one attached hydrogen (secondary N) is 2. The van der Waals surface area contributed by atoms with Gasteiger partial charge >= 0.3 is 0 Å². The van der Waals surface area contributed by atoms with Gasteiger partial charge in [-0.05, 0) is 23.8 Å². The van der Waals surface area contributed by atoms with Crippen LogP contribution >= 0.6 is 27.5 Å². The molecule has 3 rings (SSSR count). The molecule has 7 nitrogen and oxygen atoms in total. The molecule has 26 heavy (non-hydrogen) atoms. The van der Waals surface area contributed by atoms with E-state index < -0.39 is 11.9 Å². The maximum atomic E-state index is 13.6. The fraction of sp³-hybridized carbons (Fsp3) is 0.188. The lowest BCUT2D eigenvalue weighted by atomic mass is 10.1. The van der Waals surface area contributed by atoms with Crippen molar-refractivity contribution in [2.45, 2.75) is 6.04 Å². The molecule has 2 aromatic heterocycles. The van der Waals surface area contributed by atoms with E-state index in [1.807, 2.05) is 0 Å². The summed E-state index contributed by atoms with van der Waals surface area (Å²) < 4.78 is 15.9. The van der Waals surface area contributed by atoms with Crippen molar-refractivity contribution in [3.63, 3.8) is 0 Å². The first-order chi connectivity index (χ1) is 12.4. The van der Waals surface area contributed by atoms with Crippen LogP contribution in [0.3, 0.4) is 0 Å². The third-order valence-corrected chi connectivity index (χ3v) is 4.22. The number of aryl methyl sites for hydroxylation is 1. The second kappa shape index (κ2) is 7.98. The van der Waals surface area contributed by atoms with Gasteiger partial charge in [0.25, 0.3) is 0 Å². The Morgan fingerprint density at radius 1 is 1.35 bits per heavy atom. The van der Waals surface area contributed by atoms with Crippen LogP contribution in [0.4, 0.5) is 21.8 Å². The van der Waals surface area contributed by atoms with E-state index in [1.165, 1.54) is 18.3 Å². The van der Waals surface area contributed by atoms with Crippen molar-refractivity contribution >= 4 is 45.0 Å². The van der Waals surface area contributed by atoms with Gasteiger partial charge in [0.15, 0.2) is 5.82 Å². The van der Waals surface area contributed by atoms with Crippen molar-refractivity contribution in [2.75, 3.05) is 17.2 Å². The lowest BCUT2D eigenvalue weighted by Crippen LogP contribution is -2.17. The Hall–Kier alpha value is -2.23. The molecule has 0 saturated carbocycles. The summed E-state index contributed by atoms with van der Waals surface area (Å²) in [5, 5.41) is 20.1. The van der Waals surface area contributed by atoms with Crippen LogP contribution in [0.25, 0.3) is 0 Å². The molecule has 0 radical (unpaired) electrons. The van der Waals surface area contributed by atoms with Crippen LogP contribution in [0.15, 0.2) is 41.3 Å². The van der Waals surface area contributed by atoms with Gasteiger partial charge in [-0.1, -0.05) is 27.5 Å². The Morgan fingerprint density at radius 2 is 2.15 bits per heavy atom. The third kappa shape index (κ3) is 4.48. The molecule has 0 spiro atoms. The maximum absolute atomic E-state index is 13.6. The third-order valence-electron chi connectivity index (χ3n) is 3.49. The van der Waals surface area contributed by atoms with E-state index in [-0.39, 0.29) is 11.6 Å². The molecule has 0 aliphatic rings. The monoisotopic (exact) mass is 440 g/mol.